The monoisotopic (exact) mass is 260 g/mol. The van der Waals surface area contributed by atoms with Gasteiger partial charge in [0.05, 0.1) is 18.6 Å². The third-order valence-corrected chi connectivity index (χ3v) is 1.77. The molecular formula is C12H20O6. The fourth-order valence-corrected chi connectivity index (χ4v) is 1.19. The molecule has 6 heteroatoms. The van der Waals surface area contributed by atoms with Crippen LogP contribution >= 0.6 is 0 Å². The quantitative estimate of drug-likeness (QED) is 0.494. The molecule has 0 spiro atoms. The number of Topliss-reactive ketones (excluding diaryl/α,β-unsaturated/α-hetero) is 2. The number of ketones is 2. The van der Waals surface area contributed by atoms with Crippen molar-refractivity contribution in [3.63, 3.8) is 0 Å². The van der Waals surface area contributed by atoms with Crippen molar-refractivity contribution in [3.8, 4) is 0 Å². The number of carboxylic acid groups (broad SMARTS) is 1. The minimum Gasteiger partial charge on any atom is -0.481 e. The van der Waals surface area contributed by atoms with Crippen LogP contribution in [0.3, 0.4) is 0 Å². The zero-order valence-electron chi connectivity index (χ0n) is 11.1. The second-order valence-corrected chi connectivity index (χ2v) is 4.45. The van der Waals surface area contributed by atoms with Crippen LogP contribution in [0.15, 0.2) is 0 Å². The predicted molar refractivity (Wildman–Crippen MR) is 63.1 cm³/mol. The highest BCUT2D eigenvalue weighted by Crippen LogP contribution is 2.08. The van der Waals surface area contributed by atoms with Gasteiger partial charge in [0.15, 0.2) is 11.6 Å². The van der Waals surface area contributed by atoms with Gasteiger partial charge in [0.2, 0.25) is 6.29 Å². The van der Waals surface area contributed by atoms with Crippen LogP contribution in [0.25, 0.3) is 0 Å². The molecule has 0 aliphatic carbocycles. The van der Waals surface area contributed by atoms with E-state index in [1.807, 2.05) is 0 Å². The average Bonchev–Trinajstić information content (AvgIpc) is 2.13. The van der Waals surface area contributed by atoms with Gasteiger partial charge in [-0.25, -0.2) is 0 Å². The van der Waals surface area contributed by atoms with E-state index in [4.69, 9.17) is 14.6 Å². The minimum absolute atomic E-state index is 0.229. The van der Waals surface area contributed by atoms with Crippen molar-refractivity contribution in [2.24, 2.45) is 0 Å². The first-order valence-corrected chi connectivity index (χ1v) is 5.79. The third kappa shape index (κ3) is 7.92. The van der Waals surface area contributed by atoms with Crippen molar-refractivity contribution < 1.29 is 29.0 Å². The highest BCUT2D eigenvalue weighted by Gasteiger charge is 2.25. The molecule has 0 amide bonds. The summed E-state index contributed by atoms with van der Waals surface area (Å²) in [6, 6.07) is 0. The molecule has 0 saturated heterocycles. The van der Waals surface area contributed by atoms with Crippen LogP contribution < -0.4 is 0 Å². The lowest BCUT2D eigenvalue weighted by molar-refractivity contribution is -0.190. The van der Waals surface area contributed by atoms with Crippen molar-refractivity contribution in [2.75, 3.05) is 0 Å². The fraction of sp³-hybridized carbons (Fsp3) is 0.750. The summed E-state index contributed by atoms with van der Waals surface area (Å²) >= 11 is 0. The summed E-state index contributed by atoms with van der Waals surface area (Å²) in [5, 5.41) is 8.43. The van der Waals surface area contributed by atoms with Crippen LogP contribution in [0.1, 0.15) is 40.5 Å². The first-order valence-electron chi connectivity index (χ1n) is 5.79. The molecular weight excluding hydrogens is 240 g/mol. The van der Waals surface area contributed by atoms with Crippen LogP contribution in [-0.2, 0) is 23.9 Å². The highest BCUT2D eigenvalue weighted by molar-refractivity contribution is 6.06. The first kappa shape index (κ1) is 16.7. The Bertz CT molecular complexity index is 298. The Labute approximate surface area is 106 Å². The summed E-state index contributed by atoms with van der Waals surface area (Å²) < 4.78 is 10.5. The van der Waals surface area contributed by atoms with E-state index >= 15 is 0 Å². The van der Waals surface area contributed by atoms with Crippen LogP contribution in [0, 0.1) is 0 Å². The Kier molecular flexibility index (Phi) is 7.38. The predicted octanol–water partition coefficient (Wildman–Crippen LogP) is 1.17. The number of carbonyl (C=O) groups is 3. The zero-order valence-corrected chi connectivity index (χ0v) is 11.1. The maximum Gasteiger partial charge on any atom is 0.310 e. The number of aliphatic carboxylic acids is 1. The third-order valence-electron chi connectivity index (χ3n) is 1.77. The number of hydrogen-bond acceptors (Lipinski definition) is 5. The van der Waals surface area contributed by atoms with Crippen molar-refractivity contribution in [1.29, 1.82) is 0 Å². The summed E-state index contributed by atoms with van der Waals surface area (Å²) in [6.45, 7) is 6.96. The second kappa shape index (κ2) is 7.94. The molecule has 0 radical (unpaired) electrons. The number of carbonyl (C=O) groups excluding carboxylic acids is 2. The Morgan fingerprint density at radius 3 is 1.72 bits per heavy atom. The van der Waals surface area contributed by atoms with Gasteiger partial charge in [-0.3, -0.25) is 14.4 Å². The van der Waals surface area contributed by atoms with E-state index in [9.17, 15) is 14.4 Å². The fourth-order valence-electron chi connectivity index (χ4n) is 1.19. The lowest BCUT2D eigenvalue weighted by Crippen LogP contribution is -2.34. The minimum atomic E-state index is -1.25. The Morgan fingerprint density at radius 2 is 1.39 bits per heavy atom. The molecule has 0 aliphatic rings. The van der Waals surface area contributed by atoms with E-state index in [0.29, 0.717) is 0 Å². The van der Waals surface area contributed by atoms with Crippen LogP contribution in [0.4, 0.5) is 0 Å². The van der Waals surface area contributed by atoms with E-state index < -0.39 is 36.7 Å². The van der Waals surface area contributed by atoms with Gasteiger partial charge in [-0.2, -0.15) is 0 Å². The number of rotatable bonds is 9. The normalized spacial score (nSPS) is 11.3. The van der Waals surface area contributed by atoms with Crippen molar-refractivity contribution in [3.05, 3.63) is 0 Å². The smallest absolute Gasteiger partial charge is 0.310 e. The molecule has 0 atom stereocenters. The van der Waals surface area contributed by atoms with Crippen LogP contribution in [0.5, 0.6) is 0 Å². The average molecular weight is 260 g/mol. The largest absolute Gasteiger partial charge is 0.481 e. The van der Waals surface area contributed by atoms with Crippen molar-refractivity contribution in [2.45, 2.75) is 59.0 Å². The summed E-state index contributed by atoms with van der Waals surface area (Å²) in [7, 11) is 0. The molecule has 18 heavy (non-hydrogen) atoms. The summed E-state index contributed by atoms with van der Waals surface area (Å²) in [5.41, 5.74) is 0. The van der Waals surface area contributed by atoms with E-state index in [1.165, 1.54) is 0 Å². The number of carboxylic acids is 1. The van der Waals surface area contributed by atoms with Gasteiger partial charge in [0.25, 0.3) is 0 Å². The Morgan fingerprint density at radius 1 is 0.944 bits per heavy atom. The van der Waals surface area contributed by atoms with Crippen LogP contribution in [-0.4, -0.2) is 41.1 Å². The summed E-state index contributed by atoms with van der Waals surface area (Å²) in [5.74, 6) is -2.46. The number of hydrogen-bond donors (Lipinski definition) is 1. The second-order valence-electron chi connectivity index (χ2n) is 4.45. The SMILES string of the molecule is CC(C)OC(OC(C)C)C(=O)CC(=O)CC(=O)O. The first-order chi connectivity index (χ1) is 8.22. The van der Waals surface area contributed by atoms with E-state index in [1.54, 1.807) is 27.7 Å². The van der Waals surface area contributed by atoms with Crippen LogP contribution in [0.2, 0.25) is 0 Å². The molecule has 0 aromatic rings. The molecule has 0 fully saturated rings. The lowest BCUT2D eigenvalue weighted by atomic mass is 10.1. The van der Waals surface area contributed by atoms with Crippen molar-refractivity contribution >= 4 is 17.5 Å². The van der Waals surface area contributed by atoms with E-state index in [2.05, 4.69) is 0 Å². The van der Waals surface area contributed by atoms with Gasteiger partial charge in [-0.05, 0) is 27.7 Å². The molecule has 0 heterocycles. The molecule has 104 valence electrons. The van der Waals surface area contributed by atoms with Gasteiger partial charge in [-0.15, -0.1) is 0 Å². The van der Waals surface area contributed by atoms with E-state index in [-0.39, 0.29) is 12.2 Å². The molecule has 0 aromatic carbocycles. The lowest BCUT2D eigenvalue weighted by Gasteiger charge is -2.21. The molecule has 0 aliphatic heterocycles. The maximum absolute atomic E-state index is 11.7. The molecule has 0 aromatic heterocycles. The molecule has 6 nitrogen and oxygen atoms in total. The Balaban J connectivity index is 4.45. The molecule has 0 bridgehead atoms. The van der Waals surface area contributed by atoms with Gasteiger partial charge in [0.1, 0.15) is 6.42 Å². The van der Waals surface area contributed by atoms with Gasteiger partial charge in [-0.1, -0.05) is 0 Å². The van der Waals surface area contributed by atoms with Crippen molar-refractivity contribution in [1.82, 2.24) is 0 Å². The maximum atomic E-state index is 11.7. The highest BCUT2D eigenvalue weighted by atomic mass is 16.7. The topological polar surface area (TPSA) is 89.9 Å². The van der Waals surface area contributed by atoms with Gasteiger partial charge in [0, 0.05) is 0 Å². The standard InChI is InChI=1S/C12H20O6/c1-7(2)17-12(18-8(3)4)10(14)5-9(13)6-11(15)16/h7-8,12H,5-6H2,1-4H3,(H,15,16). The summed E-state index contributed by atoms with van der Waals surface area (Å²) in [6.07, 6.45) is -2.74. The molecule has 0 unspecified atom stereocenters. The van der Waals surface area contributed by atoms with E-state index in [0.717, 1.165) is 0 Å². The zero-order chi connectivity index (χ0) is 14.3. The molecule has 0 saturated carbocycles. The van der Waals surface area contributed by atoms with Gasteiger partial charge >= 0.3 is 5.97 Å². The molecule has 1 N–H and O–H groups in total. The summed E-state index contributed by atoms with van der Waals surface area (Å²) in [4.78, 5) is 33.3. The Hall–Kier alpha value is -1.27. The molecule has 0 rings (SSSR count). The number of ether oxygens (including phenoxy) is 2. The van der Waals surface area contributed by atoms with Gasteiger partial charge < -0.3 is 14.6 Å².